The number of carboxylic acid groups (broad SMARTS) is 1. The van der Waals surface area contributed by atoms with E-state index in [1.54, 1.807) is 10.6 Å². The van der Waals surface area contributed by atoms with Crippen molar-refractivity contribution in [2.45, 2.75) is 18.1 Å². The third kappa shape index (κ3) is 4.05. The first kappa shape index (κ1) is 16.0. The first-order valence-corrected chi connectivity index (χ1v) is 8.33. The van der Waals surface area contributed by atoms with Gasteiger partial charge in [0.1, 0.15) is 4.70 Å². The standard InChI is InChI=1S/C13H17N3O3S2/c1-15(2)5-3-6-16-12(19)11-9(4-7-20-11)14-13(16)21-8-10(17)18/h4,7H,3,5-6,8H2,1-2H3,(H,17,18). The third-order valence-electron chi connectivity index (χ3n) is 2.84. The number of nitrogens with zero attached hydrogens (tertiary/aromatic N) is 3. The Balaban J connectivity index is 2.32. The van der Waals surface area contributed by atoms with E-state index in [1.807, 2.05) is 24.4 Å². The number of hydrogen-bond donors (Lipinski definition) is 1. The molecule has 0 aliphatic rings. The second-order valence-electron chi connectivity index (χ2n) is 4.83. The van der Waals surface area contributed by atoms with Gasteiger partial charge in [-0.25, -0.2) is 4.98 Å². The Kier molecular flexibility index (Phi) is 5.38. The number of fused-ring (bicyclic) bond motifs is 1. The quantitative estimate of drug-likeness (QED) is 0.615. The van der Waals surface area contributed by atoms with Crippen LogP contribution in [0.15, 0.2) is 21.4 Å². The number of carbonyl (C=O) groups is 1. The summed E-state index contributed by atoms with van der Waals surface area (Å²) in [5.74, 6) is -1.02. The predicted molar refractivity (Wildman–Crippen MR) is 85.4 cm³/mol. The van der Waals surface area contributed by atoms with Gasteiger partial charge in [-0.1, -0.05) is 11.8 Å². The summed E-state index contributed by atoms with van der Waals surface area (Å²) in [4.78, 5) is 29.7. The molecule has 0 saturated carbocycles. The van der Waals surface area contributed by atoms with Crippen LogP contribution in [0, 0.1) is 0 Å². The second-order valence-corrected chi connectivity index (χ2v) is 6.68. The molecule has 2 aromatic rings. The molecule has 8 heteroatoms. The van der Waals surface area contributed by atoms with Crippen LogP contribution in [0.2, 0.25) is 0 Å². The first-order chi connectivity index (χ1) is 9.99. The minimum Gasteiger partial charge on any atom is -0.481 e. The van der Waals surface area contributed by atoms with Gasteiger partial charge in [0, 0.05) is 6.54 Å². The van der Waals surface area contributed by atoms with E-state index in [1.165, 1.54) is 11.3 Å². The molecule has 114 valence electrons. The summed E-state index contributed by atoms with van der Waals surface area (Å²) < 4.78 is 2.22. The smallest absolute Gasteiger partial charge is 0.313 e. The Bertz CT molecular complexity index is 694. The zero-order valence-electron chi connectivity index (χ0n) is 11.9. The fraction of sp³-hybridized carbons (Fsp3) is 0.462. The van der Waals surface area contributed by atoms with Crippen LogP contribution in [0.1, 0.15) is 6.42 Å². The van der Waals surface area contributed by atoms with Crippen LogP contribution in [0.4, 0.5) is 0 Å². The second kappa shape index (κ2) is 7.06. The molecule has 21 heavy (non-hydrogen) atoms. The van der Waals surface area contributed by atoms with E-state index in [-0.39, 0.29) is 11.3 Å². The van der Waals surface area contributed by atoms with Crippen molar-refractivity contribution in [3.05, 3.63) is 21.8 Å². The highest BCUT2D eigenvalue weighted by Crippen LogP contribution is 2.21. The minimum absolute atomic E-state index is 0.0818. The molecule has 2 rings (SSSR count). The molecule has 0 bridgehead atoms. The van der Waals surface area contributed by atoms with E-state index in [4.69, 9.17) is 5.11 Å². The topological polar surface area (TPSA) is 75.4 Å². The van der Waals surface area contributed by atoms with E-state index >= 15 is 0 Å². The third-order valence-corrected chi connectivity index (χ3v) is 4.70. The summed E-state index contributed by atoms with van der Waals surface area (Å²) in [6.45, 7) is 1.40. The van der Waals surface area contributed by atoms with Crippen molar-refractivity contribution in [2.24, 2.45) is 0 Å². The van der Waals surface area contributed by atoms with Gasteiger partial charge >= 0.3 is 5.97 Å². The maximum Gasteiger partial charge on any atom is 0.313 e. The fourth-order valence-corrected chi connectivity index (χ4v) is 3.43. The molecular formula is C13H17N3O3S2. The maximum absolute atomic E-state index is 12.5. The van der Waals surface area contributed by atoms with Crippen LogP contribution in [-0.4, -0.2) is 51.9 Å². The summed E-state index contributed by atoms with van der Waals surface area (Å²) in [5, 5.41) is 11.1. The van der Waals surface area contributed by atoms with E-state index in [9.17, 15) is 9.59 Å². The molecule has 0 amide bonds. The minimum atomic E-state index is -0.917. The lowest BCUT2D eigenvalue weighted by Gasteiger charge is -2.13. The molecule has 0 atom stereocenters. The van der Waals surface area contributed by atoms with Crippen molar-refractivity contribution < 1.29 is 9.90 Å². The lowest BCUT2D eigenvalue weighted by molar-refractivity contribution is -0.133. The van der Waals surface area contributed by atoms with Gasteiger partial charge in [-0.3, -0.25) is 14.2 Å². The van der Waals surface area contributed by atoms with Gasteiger partial charge in [0.2, 0.25) is 0 Å². The van der Waals surface area contributed by atoms with Crippen LogP contribution in [-0.2, 0) is 11.3 Å². The lowest BCUT2D eigenvalue weighted by atomic mass is 10.4. The summed E-state index contributed by atoms with van der Waals surface area (Å²) in [6, 6.07) is 1.79. The molecule has 1 N–H and O–H groups in total. The van der Waals surface area contributed by atoms with Crippen molar-refractivity contribution in [1.29, 1.82) is 0 Å². The molecule has 2 heterocycles. The molecule has 0 aromatic carbocycles. The molecular weight excluding hydrogens is 310 g/mol. The lowest BCUT2D eigenvalue weighted by Crippen LogP contribution is -2.25. The zero-order valence-corrected chi connectivity index (χ0v) is 13.5. The summed E-state index contributed by atoms with van der Waals surface area (Å²) in [6.07, 6.45) is 0.812. The highest BCUT2D eigenvalue weighted by Gasteiger charge is 2.13. The number of hydrogen-bond acceptors (Lipinski definition) is 6. The summed E-state index contributed by atoms with van der Waals surface area (Å²) in [7, 11) is 3.95. The molecule has 0 spiro atoms. The highest BCUT2D eigenvalue weighted by molar-refractivity contribution is 7.99. The van der Waals surface area contributed by atoms with Gasteiger partial charge in [0.05, 0.1) is 11.3 Å². The van der Waals surface area contributed by atoms with Crippen molar-refractivity contribution in [1.82, 2.24) is 14.5 Å². The van der Waals surface area contributed by atoms with Crippen LogP contribution in [0.3, 0.4) is 0 Å². The predicted octanol–water partition coefficient (Wildman–Crippen LogP) is 1.59. The van der Waals surface area contributed by atoms with Crippen LogP contribution < -0.4 is 5.56 Å². The Morgan fingerprint density at radius 1 is 1.52 bits per heavy atom. The van der Waals surface area contributed by atoms with Gasteiger partial charge < -0.3 is 10.0 Å². The van der Waals surface area contributed by atoms with Crippen LogP contribution >= 0.6 is 23.1 Å². The average molecular weight is 327 g/mol. The Morgan fingerprint density at radius 2 is 2.29 bits per heavy atom. The number of aliphatic carboxylic acids is 1. The molecule has 2 aromatic heterocycles. The zero-order chi connectivity index (χ0) is 15.4. The fourth-order valence-electron chi connectivity index (χ4n) is 1.90. The number of rotatable bonds is 7. The Morgan fingerprint density at radius 3 is 2.95 bits per heavy atom. The Labute approximate surface area is 130 Å². The summed E-state index contributed by atoms with van der Waals surface area (Å²) >= 11 is 2.46. The van der Waals surface area contributed by atoms with Gasteiger partial charge in [-0.05, 0) is 38.5 Å². The van der Waals surface area contributed by atoms with Crippen molar-refractivity contribution in [3.63, 3.8) is 0 Å². The van der Waals surface area contributed by atoms with E-state index in [0.717, 1.165) is 24.7 Å². The van der Waals surface area contributed by atoms with Gasteiger partial charge in [-0.2, -0.15) is 0 Å². The van der Waals surface area contributed by atoms with Crippen LogP contribution in [0.25, 0.3) is 10.2 Å². The molecule has 0 radical (unpaired) electrons. The summed E-state index contributed by atoms with van der Waals surface area (Å²) in [5.41, 5.74) is 0.559. The number of thioether (sulfide) groups is 1. The molecule has 0 aliphatic carbocycles. The van der Waals surface area contributed by atoms with Gasteiger partial charge in [-0.15, -0.1) is 11.3 Å². The normalized spacial score (nSPS) is 11.4. The van der Waals surface area contributed by atoms with Crippen molar-refractivity contribution in [3.8, 4) is 0 Å². The SMILES string of the molecule is CN(C)CCCn1c(SCC(=O)O)nc2ccsc2c1=O. The van der Waals surface area contributed by atoms with E-state index < -0.39 is 5.97 Å². The number of carboxylic acids is 1. The van der Waals surface area contributed by atoms with E-state index in [0.29, 0.717) is 21.9 Å². The molecule has 0 saturated heterocycles. The van der Waals surface area contributed by atoms with E-state index in [2.05, 4.69) is 4.98 Å². The van der Waals surface area contributed by atoms with Gasteiger partial charge in [0.25, 0.3) is 5.56 Å². The maximum atomic E-state index is 12.5. The van der Waals surface area contributed by atoms with Crippen LogP contribution in [0.5, 0.6) is 0 Å². The number of aromatic nitrogens is 2. The monoisotopic (exact) mass is 327 g/mol. The van der Waals surface area contributed by atoms with Gasteiger partial charge in [0.15, 0.2) is 5.16 Å². The van der Waals surface area contributed by atoms with Crippen molar-refractivity contribution in [2.75, 3.05) is 26.4 Å². The molecule has 0 unspecified atom stereocenters. The highest BCUT2D eigenvalue weighted by atomic mass is 32.2. The average Bonchev–Trinajstić information content (AvgIpc) is 2.87. The molecule has 6 nitrogen and oxygen atoms in total. The molecule has 0 aliphatic heterocycles. The number of thiophene rings is 1. The molecule has 0 fully saturated rings. The largest absolute Gasteiger partial charge is 0.481 e. The first-order valence-electron chi connectivity index (χ1n) is 6.46. The Hall–Kier alpha value is -1.38. The van der Waals surface area contributed by atoms with Crippen molar-refractivity contribution >= 4 is 39.3 Å².